The molecule has 0 aromatic carbocycles. The van der Waals surface area contributed by atoms with Gasteiger partial charge < -0.3 is 9.72 Å². The highest BCUT2D eigenvalue weighted by atomic mass is 79.9. The third kappa shape index (κ3) is 3.36. The lowest BCUT2D eigenvalue weighted by Gasteiger charge is -1.89. The quantitative estimate of drug-likeness (QED) is 0.854. The van der Waals surface area contributed by atoms with Crippen LogP contribution in [0.3, 0.4) is 0 Å². The second-order valence-electron chi connectivity index (χ2n) is 2.58. The maximum Gasteiger partial charge on any atom is 0.293 e. The summed E-state index contributed by atoms with van der Waals surface area (Å²) in [6.45, 7) is 2.66. The third-order valence-electron chi connectivity index (χ3n) is 1.64. The average molecular weight is 271 g/mol. The Balaban J connectivity index is 0.000000195. The van der Waals surface area contributed by atoms with Crippen molar-refractivity contribution in [1.82, 2.24) is 9.97 Å². The summed E-state index contributed by atoms with van der Waals surface area (Å²) in [6, 6.07) is 3.92. The van der Waals surface area contributed by atoms with Gasteiger partial charge >= 0.3 is 0 Å². The maximum atomic E-state index is 9.18. The Morgan fingerprint density at radius 1 is 1.60 bits per heavy atom. The number of aromatic nitrogens is 2. The molecule has 4 nitrogen and oxygen atoms in total. The Kier molecular flexibility index (Phi) is 4.83. The van der Waals surface area contributed by atoms with Gasteiger partial charge in [0.25, 0.3) is 6.47 Å². The lowest BCUT2D eigenvalue weighted by Crippen LogP contribution is -1.80. The predicted molar refractivity (Wildman–Crippen MR) is 61.5 cm³/mol. The van der Waals surface area contributed by atoms with E-state index in [4.69, 9.17) is 0 Å². The van der Waals surface area contributed by atoms with E-state index in [1.165, 1.54) is 0 Å². The number of halogens is 1. The zero-order valence-electron chi connectivity index (χ0n) is 8.24. The van der Waals surface area contributed by atoms with E-state index >= 15 is 0 Å². The second-order valence-corrected chi connectivity index (χ2v) is 3.44. The number of fused-ring (bicyclic) bond motifs is 1. The molecule has 0 bridgehead atoms. The van der Waals surface area contributed by atoms with E-state index in [9.17, 15) is 4.79 Å². The molecule has 2 aromatic heterocycles. The minimum Gasteiger partial charge on any atom is -0.468 e. The van der Waals surface area contributed by atoms with Crippen molar-refractivity contribution in [3.05, 3.63) is 29.0 Å². The van der Waals surface area contributed by atoms with Gasteiger partial charge in [0.1, 0.15) is 5.65 Å². The number of pyridine rings is 1. The van der Waals surface area contributed by atoms with Crippen LogP contribution in [0.2, 0.25) is 0 Å². The van der Waals surface area contributed by atoms with Gasteiger partial charge in [-0.2, -0.15) is 0 Å². The molecule has 0 radical (unpaired) electrons. The molecule has 0 atom stereocenters. The van der Waals surface area contributed by atoms with Gasteiger partial charge in [0.2, 0.25) is 0 Å². The standard InChI is InChI=1S/C7H5BrN2.C3H6O2/c8-6-2-4-10-7-5(6)1-3-9-7;1-2-5-3-4/h1-4H,(H,9,10);3H,2H2,1H3. The summed E-state index contributed by atoms with van der Waals surface area (Å²) in [4.78, 5) is 16.3. The van der Waals surface area contributed by atoms with Gasteiger partial charge in [-0.05, 0) is 35.0 Å². The Labute approximate surface area is 95.8 Å². The number of carbonyl (C=O) groups excluding carboxylic acids is 1. The highest BCUT2D eigenvalue weighted by molar-refractivity contribution is 9.10. The highest BCUT2D eigenvalue weighted by Gasteiger charge is 1.96. The molecule has 0 aliphatic heterocycles. The van der Waals surface area contributed by atoms with E-state index in [2.05, 4.69) is 30.6 Å². The van der Waals surface area contributed by atoms with Crippen LogP contribution in [0.1, 0.15) is 6.92 Å². The molecule has 0 fully saturated rings. The van der Waals surface area contributed by atoms with Gasteiger partial charge in [0.15, 0.2) is 0 Å². The molecule has 2 aromatic rings. The number of nitrogens with zero attached hydrogens (tertiary/aromatic N) is 1. The number of rotatable bonds is 2. The smallest absolute Gasteiger partial charge is 0.293 e. The summed E-state index contributed by atoms with van der Waals surface area (Å²) >= 11 is 3.42. The molecule has 0 saturated heterocycles. The molecule has 15 heavy (non-hydrogen) atoms. The van der Waals surface area contributed by atoms with Crippen LogP contribution in [0.4, 0.5) is 0 Å². The van der Waals surface area contributed by atoms with Crippen LogP contribution < -0.4 is 0 Å². The topological polar surface area (TPSA) is 55.0 Å². The van der Waals surface area contributed by atoms with E-state index in [0.29, 0.717) is 13.1 Å². The van der Waals surface area contributed by atoms with Crippen LogP contribution in [-0.4, -0.2) is 23.0 Å². The van der Waals surface area contributed by atoms with Crippen molar-refractivity contribution in [3.63, 3.8) is 0 Å². The molecule has 2 rings (SSSR count). The molecule has 0 spiro atoms. The summed E-state index contributed by atoms with van der Waals surface area (Å²) in [7, 11) is 0. The first kappa shape index (κ1) is 11.7. The number of H-pyrrole nitrogens is 1. The normalized spacial score (nSPS) is 9.20. The SMILES string of the molecule is Brc1ccnc2[nH]ccc12.CCOC=O. The van der Waals surface area contributed by atoms with Crippen LogP contribution >= 0.6 is 15.9 Å². The summed E-state index contributed by atoms with van der Waals surface area (Å²) in [5.41, 5.74) is 0.925. The average Bonchev–Trinajstić information content (AvgIpc) is 2.69. The minimum atomic E-state index is 0.431. The van der Waals surface area contributed by atoms with Crippen molar-refractivity contribution < 1.29 is 9.53 Å². The summed E-state index contributed by atoms with van der Waals surface area (Å²) in [5, 5.41) is 1.13. The van der Waals surface area contributed by atoms with E-state index in [0.717, 1.165) is 15.5 Å². The van der Waals surface area contributed by atoms with Crippen LogP contribution in [-0.2, 0) is 9.53 Å². The number of hydrogen-bond acceptors (Lipinski definition) is 3. The summed E-state index contributed by atoms with van der Waals surface area (Å²) in [5.74, 6) is 0. The zero-order valence-corrected chi connectivity index (χ0v) is 9.82. The molecule has 80 valence electrons. The molecule has 0 aliphatic rings. The van der Waals surface area contributed by atoms with Crippen LogP contribution in [0.15, 0.2) is 29.0 Å². The Morgan fingerprint density at radius 2 is 2.40 bits per heavy atom. The third-order valence-corrected chi connectivity index (χ3v) is 2.33. The van der Waals surface area contributed by atoms with Gasteiger partial charge in [-0.1, -0.05) is 0 Å². The van der Waals surface area contributed by atoms with Crippen molar-refractivity contribution in [2.45, 2.75) is 6.92 Å². The minimum absolute atomic E-state index is 0.431. The highest BCUT2D eigenvalue weighted by Crippen LogP contribution is 2.19. The fourth-order valence-corrected chi connectivity index (χ4v) is 1.43. The fourth-order valence-electron chi connectivity index (χ4n) is 0.995. The van der Waals surface area contributed by atoms with Gasteiger partial charge in [0, 0.05) is 22.3 Å². The Bertz CT molecular complexity index is 428. The van der Waals surface area contributed by atoms with Crippen LogP contribution in [0.25, 0.3) is 11.0 Å². The largest absolute Gasteiger partial charge is 0.468 e. The predicted octanol–water partition coefficient (Wildman–Crippen LogP) is 2.50. The molecule has 0 saturated carbocycles. The first-order valence-electron chi connectivity index (χ1n) is 4.42. The monoisotopic (exact) mass is 270 g/mol. The summed E-state index contributed by atoms with van der Waals surface area (Å²) in [6.07, 6.45) is 3.64. The molecule has 2 heterocycles. The van der Waals surface area contributed by atoms with Crippen molar-refractivity contribution in [1.29, 1.82) is 0 Å². The zero-order chi connectivity index (χ0) is 11.1. The Hall–Kier alpha value is -1.36. The first-order chi connectivity index (χ1) is 7.29. The first-order valence-corrected chi connectivity index (χ1v) is 5.21. The van der Waals surface area contributed by atoms with E-state index < -0.39 is 0 Å². The van der Waals surface area contributed by atoms with Gasteiger partial charge in [-0.15, -0.1) is 0 Å². The molecule has 0 aliphatic carbocycles. The number of nitrogens with one attached hydrogen (secondary N) is 1. The van der Waals surface area contributed by atoms with Gasteiger partial charge in [0.05, 0.1) is 6.61 Å². The number of aromatic amines is 1. The molecule has 1 N–H and O–H groups in total. The molecular formula is C10H11BrN2O2. The fraction of sp³-hybridized carbons (Fsp3) is 0.200. The molecule has 0 amide bonds. The van der Waals surface area contributed by atoms with Crippen LogP contribution in [0, 0.1) is 0 Å². The number of ether oxygens (including phenoxy) is 1. The van der Waals surface area contributed by atoms with E-state index in [1.807, 2.05) is 18.3 Å². The second kappa shape index (κ2) is 6.19. The lowest BCUT2D eigenvalue weighted by atomic mass is 10.3. The van der Waals surface area contributed by atoms with Crippen molar-refractivity contribution in [3.8, 4) is 0 Å². The van der Waals surface area contributed by atoms with Gasteiger partial charge in [-0.3, -0.25) is 4.79 Å². The van der Waals surface area contributed by atoms with E-state index in [1.54, 1.807) is 13.1 Å². The van der Waals surface area contributed by atoms with Crippen LogP contribution in [0.5, 0.6) is 0 Å². The maximum absolute atomic E-state index is 9.18. The number of hydrogen-bond donors (Lipinski definition) is 1. The molecule has 0 unspecified atom stereocenters. The van der Waals surface area contributed by atoms with Gasteiger partial charge in [-0.25, -0.2) is 4.98 Å². The van der Waals surface area contributed by atoms with Crippen molar-refractivity contribution in [2.75, 3.05) is 6.61 Å². The van der Waals surface area contributed by atoms with E-state index in [-0.39, 0.29) is 0 Å². The molecule has 5 heteroatoms. The number of carbonyl (C=O) groups is 1. The Morgan fingerprint density at radius 3 is 2.93 bits per heavy atom. The summed E-state index contributed by atoms with van der Waals surface area (Å²) < 4.78 is 5.23. The van der Waals surface area contributed by atoms with Crippen molar-refractivity contribution >= 4 is 33.4 Å². The van der Waals surface area contributed by atoms with Crippen molar-refractivity contribution in [2.24, 2.45) is 0 Å². The lowest BCUT2D eigenvalue weighted by molar-refractivity contribution is -0.128. The molecular weight excluding hydrogens is 260 g/mol.